The molecule has 3 aliphatic heterocycles. The van der Waals surface area contributed by atoms with Crippen molar-refractivity contribution < 1.29 is 169 Å². The number of nitrogens with two attached hydrogens (primary N) is 3. The number of carboxylic acid groups (broad SMARTS) is 4. The van der Waals surface area contributed by atoms with E-state index in [1.807, 2.05) is 31.4 Å². The first-order valence-electron chi connectivity index (χ1n) is 47.3. The molecule has 19 aliphatic rings. The molecule has 16 bridgehead atoms. The molecule has 16 saturated carbocycles. The predicted octanol–water partition coefficient (Wildman–Crippen LogP) is 5.10. The van der Waals surface area contributed by atoms with Gasteiger partial charge in [0.2, 0.25) is 11.8 Å². The quantitative estimate of drug-likeness (QED) is 0.0131. The van der Waals surface area contributed by atoms with Crippen LogP contribution >= 0.6 is 94.6 Å². The SMILES string of the molecule is CCC12CC3CC(CC(C3)C1)C2.I.II.NC1C(O)O[C@H](CO)[C@H](O)[C@@H]1O.NCC12CC3CC(CC(C3)C1)C2.N[C@@H](CCC(=O)O)C(=O)C[C@H](CCC(=O)O)C(=O)NCC12CC3CC(CC(C3)C1)C2.O=C(O)CC[C@H](NCNC1C(O)O[C@H](CO)[C@H](O)[C@@H]1O)C(=O)N[C@H](CCC(=O)O)C(=O)CCC12CC3CC(CC(C3)C1)C2.[2H]C#C.[CH2-]NC1C(O)O[C@H](CO)[C@H](O)[C@@H]1O.[CH2-]NS.[HH].[S]=[V].[S]=[V]. The Bertz CT molecular complexity index is 3460. The Balaban J connectivity index is 0.000000441. The Kier molecular flexibility index (Phi) is 57.2. The third-order valence-electron chi connectivity index (χ3n) is 31.0. The van der Waals surface area contributed by atoms with Gasteiger partial charge in [-0.15, -0.1) is 49.6 Å². The molecule has 0 spiro atoms. The monoisotopic (exact) mass is 2370 g/mol. The number of rotatable bonds is 34. The van der Waals surface area contributed by atoms with Crippen molar-refractivity contribution in [1.82, 2.24) is 31.3 Å². The summed E-state index contributed by atoms with van der Waals surface area (Å²) < 4.78 is 22.5. The Morgan fingerprint density at radius 1 is 0.500 bits per heavy atom. The minimum absolute atomic E-state index is 0. The van der Waals surface area contributed by atoms with E-state index in [0.717, 1.165) is 128 Å². The third-order valence-corrected chi connectivity index (χ3v) is 31.0. The summed E-state index contributed by atoms with van der Waals surface area (Å²) in [5, 5.41) is 162. The Hall–Kier alpha value is -1.01. The normalized spacial score (nSPS) is 37.9. The van der Waals surface area contributed by atoms with Crippen LogP contribution in [0.15, 0.2) is 0 Å². The van der Waals surface area contributed by atoms with Crippen LogP contribution in [0.25, 0.3) is 0 Å². The zero-order valence-corrected chi connectivity index (χ0v) is 88.8. The summed E-state index contributed by atoms with van der Waals surface area (Å²) in [6.45, 7) is 2.21. The standard InChI is InChI=1S/C29H47N3O11.C22H34N2O6.C12H20.C11H19N.C7H14NO5.C6H13NO5.C2H2.CH4NS.I2.HI.2S.2V.H2/c33-13-21-25(39)26(40)24(28(42)43-21)31-14-30-19(2-4-23(37)38)27(41)32-18(1-3-22(35)36)20(34)5-6-29-10-15-7-16(11-29)9-17(8-15)12-29;23-17(2-4-20(28)29)18(25)8-16(1-3-19(26)27)21(30)24-12-22-9-13-5-14(10-22)7-15(6-13)11-22;1-2-12-6-9-3-10(7-12)5-11(4-9)8-12;12-7-11-4-8-1-9(5-11)3-10(2-8)6-11;1-8-4-6(11)5(10)3(2-9)13-7(4)12;7-3-5(10)4(9)2(1-8)12-6(3)11;1-2;1-2-3;1-2;;;;;;/h15-19,21,24-26,28,30-31,33,39-40,42H,1-14H2,(H,32,41)(H,35,36)(H,37,38);13-17H,1-12,23H2,(H,24,30)(H,26,27)(H,28,29);9-11H,2-8H2,1H3;8-10H,1-7,12H2;3-12H,1-2H2;2-6,8-11H,1,7H2;1-2H;2-3H,1H2;;1H;;;;;1H/q;;;;-1;;;-1;;;;;;;/t15?,16?,17?,18-,19+,21-,24?,25+,26-,28?,29?;13?,14?,15?,16-,17-,22?;;;3-,4?,5+,6-,7?;2-,3?,4+,5-,6?;;;;;;;;;/m10..11........./s1/i;;;;;;1D;;;;;;;;. The number of ketones is 2. The number of hydrogen-bond donors (Lipinski definition) is 26. The van der Waals surface area contributed by atoms with Crippen molar-refractivity contribution in [2.45, 2.75) is 348 Å². The second kappa shape index (κ2) is 62.1. The number of aliphatic hydroxyl groups is 12. The van der Waals surface area contributed by atoms with Gasteiger partial charge in [0.1, 0.15) is 62.1 Å². The first kappa shape index (κ1) is 123. The van der Waals surface area contributed by atoms with Crippen LogP contribution in [-0.4, -0.2) is 279 Å². The molecule has 28 N–H and O–H groups in total. The molecule has 774 valence electrons. The zero-order chi connectivity index (χ0) is 100. The second-order valence-corrected chi connectivity index (χ2v) is 40.8. The van der Waals surface area contributed by atoms with Gasteiger partial charge in [-0.1, -0.05) is 13.3 Å². The van der Waals surface area contributed by atoms with E-state index in [1.165, 1.54) is 89.9 Å². The van der Waals surface area contributed by atoms with E-state index in [9.17, 15) is 94.5 Å². The Morgan fingerprint density at radius 2 is 0.821 bits per heavy atom. The number of aliphatic hydroxyl groups excluding tert-OH is 12. The van der Waals surface area contributed by atoms with Gasteiger partial charge in [-0.3, -0.25) is 63.1 Å². The number of aliphatic carboxylic acids is 4. The van der Waals surface area contributed by atoms with Gasteiger partial charge in [0, 0.05) is 96.3 Å². The number of terminal acetylenes is 1. The molecule has 0 aromatic heterocycles. The number of nitrogens with one attached hydrogen (secondary N) is 6. The Labute approximate surface area is 864 Å². The van der Waals surface area contributed by atoms with Crippen LogP contribution in [0, 0.1) is 126 Å². The first-order chi connectivity index (χ1) is 63.7. The number of carbonyl (C=O) groups excluding carboxylic acids is 4. The van der Waals surface area contributed by atoms with Gasteiger partial charge in [-0.25, -0.2) is 0 Å². The van der Waals surface area contributed by atoms with E-state index in [4.69, 9.17) is 58.3 Å². The number of carbonyl (C=O) groups is 8. The molecule has 16 aliphatic carbocycles. The zero-order valence-electron chi connectivity index (χ0n) is 77.8. The van der Waals surface area contributed by atoms with E-state index < -0.39 is 171 Å². The van der Waals surface area contributed by atoms with Crippen LogP contribution in [0.1, 0.15) is 241 Å². The van der Waals surface area contributed by atoms with Crippen molar-refractivity contribution in [3.8, 4) is 12.8 Å². The van der Waals surface area contributed by atoms with Crippen LogP contribution in [-0.2, 0) is 84.0 Å². The van der Waals surface area contributed by atoms with E-state index in [0.29, 0.717) is 12.0 Å². The average Bonchev–Trinajstić information content (AvgIpc) is 0.771. The maximum absolute atomic E-state index is 13.4. The number of hydrogen-bond acceptors (Lipinski definition) is 33. The number of amides is 2. The van der Waals surface area contributed by atoms with E-state index in [2.05, 4.69) is 129 Å². The van der Waals surface area contributed by atoms with Crippen molar-refractivity contribution >= 4 is 142 Å². The molecule has 36 nitrogen and oxygen atoms in total. The fourth-order valence-electron chi connectivity index (χ4n) is 26.3. The van der Waals surface area contributed by atoms with Gasteiger partial charge in [-0.05, 0) is 285 Å². The van der Waals surface area contributed by atoms with Gasteiger partial charge in [0.25, 0.3) is 0 Å². The fourth-order valence-corrected chi connectivity index (χ4v) is 26.3. The number of ether oxygens (including phenoxy) is 3. The molecular weight excluding hydrogens is 2220 g/mol. The summed E-state index contributed by atoms with van der Waals surface area (Å²) in [5.74, 6) is 4.48. The molecule has 6 unspecified atom stereocenters. The second-order valence-electron chi connectivity index (χ2n) is 40.5. The summed E-state index contributed by atoms with van der Waals surface area (Å²) in [7, 11) is 14.4. The van der Waals surface area contributed by atoms with Crippen LogP contribution in [0.4, 0.5) is 0 Å². The molecule has 0 aromatic carbocycles. The molecule has 3 saturated heterocycles. The van der Waals surface area contributed by atoms with Crippen molar-refractivity contribution in [1.29, 1.82) is 0 Å². The van der Waals surface area contributed by atoms with Gasteiger partial charge in [0.05, 0.1) is 56.1 Å². The average molecular weight is 2380 g/mol. The van der Waals surface area contributed by atoms with Gasteiger partial charge >= 0.3 is 75.9 Å². The number of thiol groups is 1. The molecule has 3 heterocycles. The molecule has 134 heavy (non-hydrogen) atoms. The summed E-state index contributed by atoms with van der Waals surface area (Å²) in [6, 6.07) is -6.19. The molecule has 19 rings (SSSR count). The van der Waals surface area contributed by atoms with Crippen molar-refractivity contribution in [2.75, 3.05) is 39.6 Å². The molecule has 0 aromatic rings. The van der Waals surface area contributed by atoms with Gasteiger partial charge in [-0.2, -0.15) is 0 Å². The maximum atomic E-state index is 13.4. The van der Waals surface area contributed by atoms with E-state index in [1.54, 1.807) is 38.5 Å². The molecule has 2 amide bonds. The number of Topliss-reactive ketones (excluding diaryl/α,β-unsaturated/α-hetero) is 2. The van der Waals surface area contributed by atoms with Crippen molar-refractivity contribution in [2.24, 2.45) is 116 Å². The van der Waals surface area contributed by atoms with Crippen LogP contribution in [0.2, 0.25) is 0 Å². The van der Waals surface area contributed by atoms with Crippen LogP contribution in [0.3, 0.4) is 0 Å². The van der Waals surface area contributed by atoms with Crippen molar-refractivity contribution in [3.63, 3.8) is 0 Å². The van der Waals surface area contributed by atoms with E-state index in [-0.39, 0.29) is 119 Å². The fraction of sp³-hybridized carbons (Fsp3) is 0.867. The molecular formula is C90H156I3N9O27S3V2-2. The summed E-state index contributed by atoms with van der Waals surface area (Å²) in [6.07, 6.45) is 24.6. The number of halogens is 3. The minimum atomic E-state index is -1.59. The predicted molar refractivity (Wildman–Crippen MR) is 527 cm³/mol. The third kappa shape index (κ3) is 37.5. The number of carboxylic acids is 4. The Morgan fingerprint density at radius 3 is 1.18 bits per heavy atom. The van der Waals surface area contributed by atoms with E-state index >= 15 is 0 Å². The summed E-state index contributed by atoms with van der Waals surface area (Å²) >= 11 is 11.5. The molecule has 19 atom stereocenters. The first-order valence-corrected chi connectivity index (χ1v) is 57.7. The van der Waals surface area contributed by atoms with Crippen LogP contribution in [0.5, 0.6) is 0 Å². The topological polar surface area (TPSA) is 638 Å². The summed E-state index contributed by atoms with van der Waals surface area (Å²) in [5.41, 5.74) is 18.7. The summed E-state index contributed by atoms with van der Waals surface area (Å²) in [4.78, 5) is 96.3. The molecule has 19 fully saturated rings. The van der Waals surface area contributed by atoms with Gasteiger partial charge in [0.15, 0.2) is 24.7 Å². The molecule has 0 radical (unpaired) electrons. The van der Waals surface area contributed by atoms with Crippen molar-refractivity contribution in [3.05, 3.63) is 14.1 Å². The van der Waals surface area contributed by atoms with Crippen LogP contribution < -0.4 is 48.5 Å². The van der Waals surface area contributed by atoms with Gasteiger partial charge < -0.3 is 134 Å². The molecule has 44 heteroatoms.